The van der Waals surface area contributed by atoms with Gasteiger partial charge in [-0.2, -0.15) is 0 Å². The van der Waals surface area contributed by atoms with Crippen molar-refractivity contribution in [3.05, 3.63) is 111 Å². The molecule has 0 fully saturated rings. The van der Waals surface area contributed by atoms with E-state index in [0.29, 0.717) is 27.7 Å². The maximum atomic E-state index is 12.8. The van der Waals surface area contributed by atoms with Crippen LogP contribution in [0.15, 0.2) is 75.9 Å². The van der Waals surface area contributed by atoms with Crippen LogP contribution in [0.4, 0.5) is 5.69 Å². The Bertz CT molecular complexity index is 1530. The Hall–Kier alpha value is -4.52. The standard InChI is InChI=1S/C27H19NO6/c1-15-10-22-18(13-24(29)34-23(22)11-16(15)2)14-33-27(32)17-6-5-7-19(12-17)28-25(30)20-8-3-4-9-21(20)26(28)31/h3-13H,14H2,1-2H3. The lowest BCUT2D eigenvalue weighted by Gasteiger charge is -2.15. The molecule has 4 aromatic rings. The summed E-state index contributed by atoms with van der Waals surface area (Å²) >= 11 is 0. The second-order valence-corrected chi connectivity index (χ2v) is 8.14. The minimum absolute atomic E-state index is 0.138. The number of carbonyl (C=O) groups excluding carboxylic acids is 3. The van der Waals surface area contributed by atoms with Crippen LogP contribution in [0.1, 0.15) is 47.8 Å². The molecule has 0 unspecified atom stereocenters. The van der Waals surface area contributed by atoms with Gasteiger partial charge in [0.05, 0.1) is 22.4 Å². The average Bonchev–Trinajstić information content (AvgIpc) is 3.08. The SMILES string of the molecule is Cc1cc2oc(=O)cc(COC(=O)c3cccc(N4C(=O)c5ccccc5C4=O)c3)c2cc1C. The predicted molar refractivity (Wildman–Crippen MR) is 125 cm³/mol. The van der Waals surface area contributed by atoms with Crippen molar-refractivity contribution in [3.63, 3.8) is 0 Å². The molecule has 2 heterocycles. The normalized spacial score (nSPS) is 12.8. The van der Waals surface area contributed by atoms with Crippen molar-refractivity contribution in [3.8, 4) is 0 Å². The van der Waals surface area contributed by atoms with Crippen molar-refractivity contribution in [2.24, 2.45) is 0 Å². The zero-order valence-electron chi connectivity index (χ0n) is 18.5. The van der Waals surface area contributed by atoms with Crippen molar-refractivity contribution in [2.45, 2.75) is 20.5 Å². The first-order chi connectivity index (χ1) is 16.3. The van der Waals surface area contributed by atoms with Gasteiger partial charge in [0.1, 0.15) is 12.2 Å². The molecule has 1 aliphatic heterocycles. The first-order valence-corrected chi connectivity index (χ1v) is 10.6. The highest BCUT2D eigenvalue weighted by Crippen LogP contribution is 2.29. The van der Waals surface area contributed by atoms with E-state index in [1.165, 1.54) is 18.2 Å². The maximum Gasteiger partial charge on any atom is 0.338 e. The monoisotopic (exact) mass is 453 g/mol. The smallest absolute Gasteiger partial charge is 0.338 e. The molecule has 1 aliphatic rings. The van der Waals surface area contributed by atoms with Crippen LogP contribution < -0.4 is 10.5 Å². The van der Waals surface area contributed by atoms with Gasteiger partial charge in [0.15, 0.2) is 0 Å². The number of ether oxygens (including phenoxy) is 1. The topological polar surface area (TPSA) is 93.9 Å². The molecule has 0 radical (unpaired) electrons. The van der Waals surface area contributed by atoms with Gasteiger partial charge in [0.25, 0.3) is 11.8 Å². The number of benzene rings is 3. The van der Waals surface area contributed by atoms with Crippen LogP contribution in [0.25, 0.3) is 11.0 Å². The van der Waals surface area contributed by atoms with Gasteiger partial charge in [0, 0.05) is 17.0 Å². The molecule has 2 amide bonds. The van der Waals surface area contributed by atoms with Crippen LogP contribution in [0.5, 0.6) is 0 Å². The van der Waals surface area contributed by atoms with Crippen LogP contribution in [0, 0.1) is 13.8 Å². The highest BCUT2D eigenvalue weighted by Gasteiger charge is 2.36. The highest BCUT2D eigenvalue weighted by molar-refractivity contribution is 6.34. The molecular weight excluding hydrogens is 434 g/mol. The van der Waals surface area contributed by atoms with Gasteiger partial charge in [-0.25, -0.2) is 14.5 Å². The number of amides is 2. The maximum absolute atomic E-state index is 12.8. The lowest BCUT2D eigenvalue weighted by Crippen LogP contribution is -2.29. The Kier molecular flexibility index (Phi) is 5.09. The molecule has 0 atom stereocenters. The molecule has 5 rings (SSSR count). The number of nitrogens with zero attached hydrogens (tertiary/aromatic N) is 1. The summed E-state index contributed by atoms with van der Waals surface area (Å²) in [5, 5.41) is 0.690. The van der Waals surface area contributed by atoms with Crippen molar-refractivity contribution in [1.82, 2.24) is 0 Å². The third kappa shape index (κ3) is 3.57. The lowest BCUT2D eigenvalue weighted by atomic mass is 10.0. The van der Waals surface area contributed by atoms with Gasteiger partial charge in [-0.1, -0.05) is 18.2 Å². The van der Waals surface area contributed by atoms with E-state index in [4.69, 9.17) is 9.15 Å². The van der Waals surface area contributed by atoms with Gasteiger partial charge in [0.2, 0.25) is 0 Å². The first-order valence-electron chi connectivity index (χ1n) is 10.6. The summed E-state index contributed by atoms with van der Waals surface area (Å²) < 4.78 is 10.8. The fourth-order valence-electron chi connectivity index (χ4n) is 4.02. The molecule has 7 heteroatoms. The molecule has 0 saturated carbocycles. The molecule has 7 nitrogen and oxygen atoms in total. The number of fused-ring (bicyclic) bond motifs is 2. The lowest BCUT2D eigenvalue weighted by molar-refractivity contribution is 0.0473. The third-order valence-electron chi connectivity index (χ3n) is 5.94. The van der Waals surface area contributed by atoms with E-state index in [0.717, 1.165) is 16.0 Å². The summed E-state index contributed by atoms with van der Waals surface area (Å²) in [5.41, 5.74) is 3.51. The van der Waals surface area contributed by atoms with E-state index in [1.807, 2.05) is 19.9 Å². The number of rotatable bonds is 4. The van der Waals surface area contributed by atoms with E-state index in [9.17, 15) is 19.2 Å². The molecule has 0 saturated heterocycles. The summed E-state index contributed by atoms with van der Waals surface area (Å²) in [7, 11) is 0. The molecule has 0 aliphatic carbocycles. The molecule has 168 valence electrons. The van der Waals surface area contributed by atoms with Gasteiger partial charge in [-0.3, -0.25) is 9.59 Å². The Morgan fingerprint density at radius 1 is 0.853 bits per heavy atom. The van der Waals surface area contributed by atoms with Crippen molar-refractivity contribution < 1.29 is 23.5 Å². The Labute approximate surface area is 194 Å². The second-order valence-electron chi connectivity index (χ2n) is 8.14. The largest absolute Gasteiger partial charge is 0.457 e. The van der Waals surface area contributed by atoms with E-state index in [1.54, 1.807) is 42.5 Å². The van der Waals surface area contributed by atoms with E-state index < -0.39 is 23.4 Å². The Balaban J connectivity index is 1.40. The number of esters is 1. The summed E-state index contributed by atoms with van der Waals surface area (Å²) in [5.74, 6) is -1.54. The van der Waals surface area contributed by atoms with Crippen LogP contribution >= 0.6 is 0 Å². The minimum atomic E-state index is -0.649. The molecule has 0 N–H and O–H groups in total. The summed E-state index contributed by atoms with van der Waals surface area (Å²) in [6.45, 7) is 3.73. The van der Waals surface area contributed by atoms with Gasteiger partial charge in [-0.05, 0) is 67.4 Å². The number of carbonyl (C=O) groups is 3. The summed E-state index contributed by atoms with van der Waals surface area (Å²) in [4.78, 5) is 51.3. The zero-order valence-corrected chi connectivity index (χ0v) is 18.5. The van der Waals surface area contributed by atoms with E-state index in [2.05, 4.69) is 0 Å². The zero-order chi connectivity index (χ0) is 24.0. The Morgan fingerprint density at radius 3 is 2.24 bits per heavy atom. The van der Waals surface area contributed by atoms with Crippen LogP contribution in [-0.2, 0) is 11.3 Å². The van der Waals surface area contributed by atoms with Gasteiger partial charge >= 0.3 is 11.6 Å². The predicted octanol–water partition coefficient (Wildman–Crippen LogP) is 4.57. The molecular formula is C27H19NO6. The summed E-state index contributed by atoms with van der Waals surface area (Å²) in [6, 6.07) is 17.7. The van der Waals surface area contributed by atoms with Gasteiger partial charge < -0.3 is 9.15 Å². The first kappa shape index (κ1) is 21.3. The Morgan fingerprint density at radius 2 is 1.53 bits per heavy atom. The molecule has 0 spiro atoms. The summed E-state index contributed by atoms with van der Waals surface area (Å²) in [6.07, 6.45) is 0. The van der Waals surface area contributed by atoms with Crippen molar-refractivity contribution >= 4 is 34.4 Å². The molecule has 0 bridgehead atoms. The number of hydrogen-bond acceptors (Lipinski definition) is 6. The highest BCUT2D eigenvalue weighted by atomic mass is 16.5. The third-order valence-corrected chi connectivity index (χ3v) is 5.94. The number of aryl methyl sites for hydroxylation is 2. The van der Waals surface area contributed by atoms with Crippen molar-refractivity contribution in [2.75, 3.05) is 4.90 Å². The quantitative estimate of drug-likeness (QED) is 0.255. The van der Waals surface area contributed by atoms with Crippen molar-refractivity contribution in [1.29, 1.82) is 0 Å². The van der Waals surface area contributed by atoms with Crippen LogP contribution in [-0.4, -0.2) is 17.8 Å². The van der Waals surface area contributed by atoms with Crippen LogP contribution in [0.2, 0.25) is 0 Å². The number of anilines is 1. The van der Waals surface area contributed by atoms with Gasteiger partial charge in [-0.15, -0.1) is 0 Å². The molecule has 3 aromatic carbocycles. The number of hydrogen-bond donors (Lipinski definition) is 0. The minimum Gasteiger partial charge on any atom is -0.457 e. The average molecular weight is 453 g/mol. The van der Waals surface area contributed by atoms with E-state index in [-0.39, 0.29) is 17.9 Å². The molecule has 1 aromatic heterocycles. The van der Waals surface area contributed by atoms with Crippen LogP contribution in [0.3, 0.4) is 0 Å². The van der Waals surface area contributed by atoms with E-state index >= 15 is 0 Å². The second kappa shape index (κ2) is 8.12. The fraction of sp³-hybridized carbons (Fsp3) is 0.111. The molecule has 34 heavy (non-hydrogen) atoms. The number of imide groups is 1. The fourth-order valence-corrected chi connectivity index (χ4v) is 4.02.